The van der Waals surface area contributed by atoms with Crippen LogP contribution in [0.5, 0.6) is 0 Å². The molecule has 3 heteroatoms. The number of hydrogen-bond acceptors (Lipinski definition) is 3. The number of rotatable bonds is 13. The van der Waals surface area contributed by atoms with Crippen molar-refractivity contribution >= 4 is 0 Å². The van der Waals surface area contributed by atoms with Crippen LogP contribution in [0.2, 0.25) is 0 Å². The topological polar surface area (TPSA) is 24.5 Å². The Morgan fingerprint density at radius 3 is 2.21 bits per heavy atom. The Kier molecular flexibility index (Phi) is 12.8. The first-order chi connectivity index (χ1) is 9.15. The second-order valence-corrected chi connectivity index (χ2v) is 5.67. The summed E-state index contributed by atoms with van der Waals surface area (Å²) in [7, 11) is 1.79. The van der Waals surface area contributed by atoms with Crippen LogP contribution < -0.4 is 5.32 Å². The van der Waals surface area contributed by atoms with E-state index in [-0.39, 0.29) is 0 Å². The molecule has 0 amide bonds. The molecule has 0 saturated carbocycles. The minimum Gasteiger partial charge on any atom is -0.383 e. The number of hydrogen-bond donors (Lipinski definition) is 1. The maximum Gasteiger partial charge on any atom is 0.0589 e. The molecule has 19 heavy (non-hydrogen) atoms. The standard InChI is InChI=1S/C16H36N2O/c1-6-16(7-2)18(13-14-19-5)12-10-8-9-11-17-15(3)4/h15-17H,6-14H2,1-5H3. The fraction of sp³-hybridized carbons (Fsp3) is 1.00. The van der Waals surface area contributed by atoms with Crippen molar-refractivity contribution in [2.45, 2.75) is 71.9 Å². The van der Waals surface area contributed by atoms with Crippen molar-refractivity contribution in [3.63, 3.8) is 0 Å². The lowest BCUT2D eigenvalue weighted by Gasteiger charge is -2.30. The van der Waals surface area contributed by atoms with E-state index in [2.05, 4.69) is 37.9 Å². The Hall–Kier alpha value is -0.120. The molecule has 116 valence electrons. The molecule has 0 bridgehead atoms. The number of nitrogens with one attached hydrogen (secondary N) is 1. The van der Waals surface area contributed by atoms with E-state index in [9.17, 15) is 0 Å². The van der Waals surface area contributed by atoms with E-state index in [0.717, 1.165) is 25.7 Å². The van der Waals surface area contributed by atoms with Crippen molar-refractivity contribution in [1.29, 1.82) is 0 Å². The van der Waals surface area contributed by atoms with Crippen LogP contribution >= 0.6 is 0 Å². The van der Waals surface area contributed by atoms with Crippen molar-refractivity contribution in [2.75, 3.05) is 33.4 Å². The van der Waals surface area contributed by atoms with Gasteiger partial charge in [0, 0.05) is 25.7 Å². The molecule has 3 nitrogen and oxygen atoms in total. The Balaban J connectivity index is 3.78. The highest BCUT2D eigenvalue weighted by Gasteiger charge is 2.13. The van der Waals surface area contributed by atoms with Gasteiger partial charge in [-0.3, -0.25) is 4.90 Å². The van der Waals surface area contributed by atoms with E-state index in [1.807, 2.05) is 0 Å². The van der Waals surface area contributed by atoms with Gasteiger partial charge in [-0.1, -0.05) is 34.1 Å². The monoisotopic (exact) mass is 272 g/mol. The highest BCUT2D eigenvalue weighted by Crippen LogP contribution is 2.10. The van der Waals surface area contributed by atoms with Crippen molar-refractivity contribution < 1.29 is 4.74 Å². The van der Waals surface area contributed by atoms with Crippen LogP contribution in [-0.2, 0) is 4.74 Å². The van der Waals surface area contributed by atoms with Gasteiger partial charge in [0.2, 0.25) is 0 Å². The van der Waals surface area contributed by atoms with Crippen molar-refractivity contribution in [2.24, 2.45) is 0 Å². The number of unbranched alkanes of at least 4 members (excludes halogenated alkanes) is 2. The van der Waals surface area contributed by atoms with Gasteiger partial charge in [0.25, 0.3) is 0 Å². The van der Waals surface area contributed by atoms with Crippen LogP contribution in [0.15, 0.2) is 0 Å². The van der Waals surface area contributed by atoms with Gasteiger partial charge in [0.1, 0.15) is 0 Å². The SMILES string of the molecule is CCC(CC)N(CCCCCNC(C)C)CCOC. The van der Waals surface area contributed by atoms with E-state index in [1.54, 1.807) is 7.11 Å². The van der Waals surface area contributed by atoms with Crippen LogP contribution in [0.1, 0.15) is 59.8 Å². The molecule has 0 radical (unpaired) electrons. The fourth-order valence-electron chi connectivity index (χ4n) is 2.50. The second-order valence-electron chi connectivity index (χ2n) is 5.67. The van der Waals surface area contributed by atoms with Crippen molar-refractivity contribution in [3.05, 3.63) is 0 Å². The Labute approximate surface area is 121 Å². The summed E-state index contributed by atoms with van der Waals surface area (Å²) in [5.74, 6) is 0. The quantitative estimate of drug-likeness (QED) is 0.521. The van der Waals surface area contributed by atoms with Gasteiger partial charge in [-0.05, 0) is 38.8 Å². The van der Waals surface area contributed by atoms with E-state index in [0.29, 0.717) is 6.04 Å². The molecule has 0 spiro atoms. The Bertz CT molecular complexity index is 182. The summed E-state index contributed by atoms with van der Waals surface area (Å²) in [6.07, 6.45) is 6.41. The molecule has 0 aromatic carbocycles. The minimum atomic E-state index is 0.614. The summed E-state index contributed by atoms with van der Waals surface area (Å²) >= 11 is 0. The third-order valence-electron chi connectivity index (χ3n) is 3.72. The molecule has 0 aliphatic carbocycles. The smallest absolute Gasteiger partial charge is 0.0589 e. The molecule has 1 N–H and O–H groups in total. The lowest BCUT2D eigenvalue weighted by Crippen LogP contribution is -2.37. The largest absolute Gasteiger partial charge is 0.383 e. The third-order valence-corrected chi connectivity index (χ3v) is 3.72. The molecule has 0 aliphatic heterocycles. The lowest BCUT2D eigenvalue weighted by atomic mass is 10.1. The third kappa shape index (κ3) is 10.3. The van der Waals surface area contributed by atoms with E-state index >= 15 is 0 Å². The van der Waals surface area contributed by atoms with Crippen LogP contribution in [0.25, 0.3) is 0 Å². The zero-order valence-electron chi connectivity index (χ0n) is 13.9. The van der Waals surface area contributed by atoms with Crippen molar-refractivity contribution in [3.8, 4) is 0 Å². The summed E-state index contributed by atoms with van der Waals surface area (Å²) in [5, 5.41) is 3.48. The normalized spacial score (nSPS) is 12.0. The number of nitrogens with zero attached hydrogens (tertiary/aromatic N) is 1. The van der Waals surface area contributed by atoms with E-state index in [4.69, 9.17) is 4.74 Å². The van der Waals surface area contributed by atoms with Gasteiger partial charge in [0.15, 0.2) is 0 Å². The fourth-order valence-corrected chi connectivity index (χ4v) is 2.50. The molecule has 0 atom stereocenters. The summed E-state index contributed by atoms with van der Waals surface area (Å²) < 4.78 is 5.23. The molecule has 0 fully saturated rings. The average Bonchev–Trinajstić information content (AvgIpc) is 2.39. The molecule has 0 aromatic heterocycles. The van der Waals surface area contributed by atoms with Gasteiger partial charge >= 0.3 is 0 Å². The first-order valence-corrected chi connectivity index (χ1v) is 8.12. The van der Waals surface area contributed by atoms with Crippen molar-refractivity contribution in [1.82, 2.24) is 10.2 Å². The van der Waals surface area contributed by atoms with E-state index < -0.39 is 0 Å². The maximum atomic E-state index is 5.23. The molecule has 0 rings (SSSR count). The molecular formula is C16H36N2O. The van der Waals surface area contributed by atoms with Crippen LogP contribution in [0, 0.1) is 0 Å². The van der Waals surface area contributed by atoms with Crippen LogP contribution in [0.3, 0.4) is 0 Å². The molecule has 0 aromatic rings. The van der Waals surface area contributed by atoms with Gasteiger partial charge in [0.05, 0.1) is 6.61 Å². The van der Waals surface area contributed by atoms with Gasteiger partial charge in [-0.2, -0.15) is 0 Å². The molecular weight excluding hydrogens is 236 g/mol. The van der Waals surface area contributed by atoms with Gasteiger partial charge in [-0.25, -0.2) is 0 Å². The predicted octanol–water partition coefficient (Wildman–Crippen LogP) is 3.29. The second kappa shape index (κ2) is 12.9. The van der Waals surface area contributed by atoms with Gasteiger partial charge < -0.3 is 10.1 Å². The summed E-state index contributed by atoms with van der Waals surface area (Å²) in [6.45, 7) is 13.3. The zero-order valence-corrected chi connectivity index (χ0v) is 13.9. The Morgan fingerprint density at radius 2 is 1.68 bits per heavy atom. The molecule has 0 saturated heterocycles. The maximum absolute atomic E-state index is 5.23. The van der Waals surface area contributed by atoms with Crippen LogP contribution in [-0.4, -0.2) is 50.3 Å². The summed E-state index contributed by atoms with van der Waals surface area (Å²) in [5.41, 5.74) is 0. The number of ether oxygens (including phenoxy) is 1. The number of methoxy groups -OCH3 is 1. The predicted molar refractivity (Wildman–Crippen MR) is 84.8 cm³/mol. The first-order valence-electron chi connectivity index (χ1n) is 8.12. The summed E-state index contributed by atoms with van der Waals surface area (Å²) in [6, 6.07) is 1.34. The summed E-state index contributed by atoms with van der Waals surface area (Å²) in [4.78, 5) is 2.61. The minimum absolute atomic E-state index is 0.614. The molecule has 0 unspecified atom stereocenters. The van der Waals surface area contributed by atoms with E-state index in [1.165, 1.54) is 38.6 Å². The average molecular weight is 272 g/mol. The van der Waals surface area contributed by atoms with Gasteiger partial charge in [-0.15, -0.1) is 0 Å². The lowest BCUT2D eigenvalue weighted by molar-refractivity contribution is 0.113. The highest BCUT2D eigenvalue weighted by molar-refractivity contribution is 4.69. The molecule has 0 aliphatic rings. The van der Waals surface area contributed by atoms with Crippen LogP contribution in [0.4, 0.5) is 0 Å². The first kappa shape index (κ1) is 18.9. The highest BCUT2D eigenvalue weighted by atomic mass is 16.5. The Morgan fingerprint density at radius 1 is 1.00 bits per heavy atom. The zero-order chi connectivity index (χ0) is 14.5. The molecule has 0 heterocycles.